The SMILES string of the molecule is O=C(CN1C(=O)CSc2ccc(S(=O)(=O)N3CCOCC3)cc21)N1CCCC1. The first-order chi connectivity index (χ1) is 13.5. The second-order valence-electron chi connectivity index (χ2n) is 7.00. The molecule has 0 saturated carbocycles. The van der Waals surface area contributed by atoms with Gasteiger partial charge >= 0.3 is 0 Å². The molecule has 28 heavy (non-hydrogen) atoms. The summed E-state index contributed by atoms with van der Waals surface area (Å²) in [7, 11) is -3.67. The Hall–Kier alpha value is -1.62. The molecule has 0 radical (unpaired) electrons. The maximum atomic E-state index is 13.0. The highest BCUT2D eigenvalue weighted by molar-refractivity contribution is 8.00. The number of sulfonamides is 1. The van der Waals surface area contributed by atoms with Crippen LogP contribution in [0.5, 0.6) is 0 Å². The molecular formula is C18H23N3O5S2. The third kappa shape index (κ3) is 3.78. The standard InChI is InChI=1S/C18H23N3O5S2/c22-17(19-5-1-2-6-19)12-21-15-11-14(3-4-16(15)27-13-18(21)23)28(24,25)20-7-9-26-10-8-20/h3-4,11H,1-2,5-10,12-13H2. The number of carbonyl (C=O) groups excluding carboxylic acids is 2. The number of fused-ring (bicyclic) bond motifs is 1. The fourth-order valence-electron chi connectivity index (χ4n) is 3.65. The molecule has 0 aromatic heterocycles. The zero-order chi connectivity index (χ0) is 19.7. The molecule has 1 aromatic carbocycles. The number of hydrogen-bond acceptors (Lipinski definition) is 6. The van der Waals surface area contributed by atoms with E-state index in [0.717, 1.165) is 17.7 Å². The van der Waals surface area contributed by atoms with Crippen molar-refractivity contribution in [3.05, 3.63) is 18.2 Å². The Morgan fingerprint density at radius 1 is 1.11 bits per heavy atom. The van der Waals surface area contributed by atoms with E-state index in [9.17, 15) is 18.0 Å². The summed E-state index contributed by atoms with van der Waals surface area (Å²) in [6, 6.07) is 4.83. The first kappa shape index (κ1) is 19.7. The van der Waals surface area contributed by atoms with Crippen LogP contribution in [-0.2, 0) is 24.3 Å². The summed E-state index contributed by atoms with van der Waals surface area (Å²) in [5.41, 5.74) is 0.503. The predicted octanol–water partition coefficient (Wildman–Crippen LogP) is 0.769. The molecule has 0 N–H and O–H groups in total. The molecule has 1 aromatic rings. The van der Waals surface area contributed by atoms with Gasteiger partial charge in [-0.2, -0.15) is 4.31 Å². The van der Waals surface area contributed by atoms with Gasteiger partial charge in [-0.3, -0.25) is 9.59 Å². The quantitative estimate of drug-likeness (QED) is 0.708. The number of thioether (sulfide) groups is 1. The molecule has 0 bridgehead atoms. The Morgan fingerprint density at radius 3 is 2.54 bits per heavy atom. The Morgan fingerprint density at radius 2 is 1.82 bits per heavy atom. The summed E-state index contributed by atoms with van der Waals surface area (Å²) in [6.07, 6.45) is 1.96. The van der Waals surface area contributed by atoms with Crippen LogP contribution < -0.4 is 4.90 Å². The number of rotatable bonds is 4. The van der Waals surface area contributed by atoms with Gasteiger partial charge in [0, 0.05) is 31.1 Å². The Balaban J connectivity index is 1.62. The molecule has 2 fully saturated rings. The minimum Gasteiger partial charge on any atom is -0.379 e. The van der Waals surface area contributed by atoms with Crippen molar-refractivity contribution < 1.29 is 22.7 Å². The van der Waals surface area contributed by atoms with Crippen LogP contribution >= 0.6 is 11.8 Å². The van der Waals surface area contributed by atoms with Crippen molar-refractivity contribution >= 4 is 39.3 Å². The van der Waals surface area contributed by atoms with Crippen LogP contribution in [-0.4, -0.2) is 81.1 Å². The molecule has 152 valence electrons. The Labute approximate surface area is 168 Å². The summed E-state index contributed by atoms with van der Waals surface area (Å²) in [6.45, 7) is 2.74. The van der Waals surface area contributed by atoms with Crippen molar-refractivity contribution in [2.75, 3.05) is 56.6 Å². The van der Waals surface area contributed by atoms with Crippen LogP contribution in [0.4, 0.5) is 5.69 Å². The average molecular weight is 426 g/mol. The summed E-state index contributed by atoms with van der Waals surface area (Å²) < 4.78 is 32.6. The van der Waals surface area contributed by atoms with Crippen LogP contribution in [0.2, 0.25) is 0 Å². The summed E-state index contributed by atoms with van der Waals surface area (Å²) in [4.78, 5) is 29.3. The normalized spacial score (nSPS) is 21.1. The molecule has 3 aliphatic heterocycles. The second-order valence-corrected chi connectivity index (χ2v) is 9.96. The molecule has 8 nitrogen and oxygen atoms in total. The smallest absolute Gasteiger partial charge is 0.243 e. The van der Waals surface area contributed by atoms with E-state index >= 15 is 0 Å². The molecule has 0 spiro atoms. The molecule has 0 atom stereocenters. The summed E-state index contributed by atoms with van der Waals surface area (Å²) in [5, 5.41) is 0. The predicted molar refractivity (Wildman–Crippen MR) is 105 cm³/mol. The highest BCUT2D eigenvalue weighted by Gasteiger charge is 2.32. The van der Waals surface area contributed by atoms with Crippen LogP contribution in [0.25, 0.3) is 0 Å². The number of carbonyl (C=O) groups is 2. The number of nitrogens with zero attached hydrogens (tertiary/aromatic N) is 3. The van der Waals surface area contributed by atoms with E-state index in [4.69, 9.17) is 4.74 Å². The highest BCUT2D eigenvalue weighted by atomic mass is 32.2. The fourth-order valence-corrected chi connectivity index (χ4v) is 6.00. The van der Waals surface area contributed by atoms with Gasteiger partial charge in [0.05, 0.1) is 29.5 Å². The zero-order valence-corrected chi connectivity index (χ0v) is 17.1. The van der Waals surface area contributed by atoms with Gasteiger partial charge in [0.15, 0.2) is 0 Å². The number of likely N-dealkylation sites (tertiary alicyclic amines) is 1. The topological polar surface area (TPSA) is 87.2 Å². The van der Waals surface area contributed by atoms with Crippen molar-refractivity contribution in [3.63, 3.8) is 0 Å². The average Bonchev–Trinajstić information content (AvgIpc) is 3.25. The van der Waals surface area contributed by atoms with Gasteiger partial charge in [-0.05, 0) is 31.0 Å². The maximum absolute atomic E-state index is 13.0. The molecule has 2 amide bonds. The van der Waals surface area contributed by atoms with E-state index in [1.165, 1.54) is 27.0 Å². The van der Waals surface area contributed by atoms with Gasteiger partial charge in [-0.15, -0.1) is 11.8 Å². The molecule has 0 aliphatic carbocycles. The minimum atomic E-state index is -3.67. The molecule has 10 heteroatoms. The van der Waals surface area contributed by atoms with Gasteiger partial charge in [-0.25, -0.2) is 8.42 Å². The third-order valence-electron chi connectivity index (χ3n) is 5.23. The molecule has 3 heterocycles. The van der Waals surface area contributed by atoms with E-state index in [2.05, 4.69) is 0 Å². The number of benzene rings is 1. The van der Waals surface area contributed by atoms with E-state index in [1.807, 2.05) is 0 Å². The number of amides is 2. The lowest BCUT2D eigenvalue weighted by Gasteiger charge is -2.31. The summed E-state index contributed by atoms with van der Waals surface area (Å²) >= 11 is 1.37. The van der Waals surface area contributed by atoms with Crippen LogP contribution in [0, 0.1) is 0 Å². The van der Waals surface area contributed by atoms with Gasteiger partial charge in [0.2, 0.25) is 21.8 Å². The maximum Gasteiger partial charge on any atom is 0.243 e. The van der Waals surface area contributed by atoms with Gasteiger partial charge < -0.3 is 14.5 Å². The molecule has 0 unspecified atom stereocenters. The number of morpholine rings is 1. The lowest BCUT2D eigenvalue weighted by molar-refractivity contribution is -0.130. The molecule has 4 rings (SSSR count). The van der Waals surface area contributed by atoms with Crippen molar-refractivity contribution in [2.24, 2.45) is 0 Å². The Kier molecular flexibility index (Phi) is 5.64. The number of ether oxygens (including phenoxy) is 1. The lowest BCUT2D eigenvalue weighted by atomic mass is 10.2. The summed E-state index contributed by atoms with van der Waals surface area (Å²) in [5.74, 6) is -0.0216. The van der Waals surface area contributed by atoms with Gasteiger partial charge in [0.25, 0.3) is 0 Å². The van der Waals surface area contributed by atoms with E-state index in [0.29, 0.717) is 45.1 Å². The zero-order valence-electron chi connectivity index (χ0n) is 15.5. The van der Waals surface area contributed by atoms with Gasteiger partial charge in [-0.1, -0.05) is 0 Å². The number of anilines is 1. The molecule has 2 saturated heterocycles. The van der Waals surface area contributed by atoms with Crippen molar-refractivity contribution in [1.29, 1.82) is 0 Å². The van der Waals surface area contributed by atoms with Crippen LogP contribution in [0.15, 0.2) is 28.0 Å². The molecular weight excluding hydrogens is 402 g/mol. The Bertz CT molecular complexity index is 877. The van der Waals surface area contributed by atoms with Crippen LogP contribution in [0.1, 0.15) is 12.8 Å². The molecule has 3 aliphatic rings. The van der Waals surface area contributed by atoms with Crippen molar-refractivity contribution in [1.82, 2.24) is 9.21 Å². The second kappa shape index (κ2) is 8.02. The van der Waals surface area contributed by atoms with Gasteiger partial charge in [0.1, 0.15) is 6.54 Å². The third-order valence-corrected chi connectivity index (χ3v) is 8.18. The van der Waals surface area contributed by atoms with E-state index in [-0.39, 0.29) is 29.0 Å². The lowest BCUT2D eigenvalue weighted by Crippen LogP contribution is -2.44. The highest BCUT2D eigenvalue weighted by Crippen LogP contribution is 2.37. The monoisotopic (exact) mass is 425 g/mol. The van der Waals surface area contributed by atoms with E-state index in [1.54, 1.807) is 17.0 Å². The first-order valence-corrected chi connectivity index (χ1v) is 11.8. The first-order valence-electron chi connectivity index (χ1n) is 9.40. The van der Waals surface area contributed by atoms with Crippen molar-refractivity contribution in [2.45, 2.75) is 22.6 Å². The van der Waals surface area contributed by atoms with Crippen molar-refractivity contribution in [3.8, 4) is 0 Å². The minimum absolute atomic E-state index is 0.0482. The van der Waals surface area contributed by atoms with Crippen LogP contribution in [0.3, 0.4) is 0 Å². The number of hydrogen-bond donors (Lipinski definition) is 0. The fraction of sp³-hybridized carbons (Fsp3) is 0.556. The van der Waals surface area contributed by atoms with E-state index < -0.39 is 10.0 Å². The largest absolute Gasteiger partial charge is 0.379 e.